The van der Waals surface area contributed by atoms with Gasteiger partial charge < -0.3 is 10.6 Å². The van der Waals surface area contributed by atoms with Crippen LogP contribution in [0.5, 0.6) is 0 Å². The van der Waals surface area contributed by atoms with Crippen LogP contribution in [0, 0.1) is 5.82 Å². The lowest BCUT2D eigenvalue weighted by Crippen LogP contribution is -2.09. The quantitative estimate of drug-likeness (QED) is 0.860. The molecule has 0 aliphatic rings. The second-order valence-corrected chi connectivity index (χ2v) is 6.55. The van der Waals surface area contributed by atoms with Crippen LogP contribution in [-0.2, 0) is 0 Å². The smallest absolute Gasteiger partial charge is 0.208 e. The lowest BCUT2D eigenvalue weighted by atomic mass is 10.1. The van der Waals surface area contributed by atoms with Crippen LogP contribution in [-0.4, -0.2) is 30.8 Å². The highest BCUT2D eigenvalue weighted by Gasteiger charge is 2.15. The van der Waals surface area contributed by atoms with Crippen molar-refractivity contribution in [1.82, 2.24) is 10.2 Å². The van der Waals surface area contributed by atoms with Crippen LogP contribution in [0.25, 0.3) is 0 Å². The van der Waals surface area contributed by atoms with Crippen molar-refractivity contribution < 1.29 is 4.39 Å². The van der Waals surface area contributed by atoms with Crippen LogP contribution in [0.3, 0.4) is 0 Å². The lowest BCUT2D eigenvalue weighted by molar-refractivity contribution is 0.625. The van der Waals surface area contributed by atoms with Crippen molar-refractivity contribution in [2.45, 2.75) is 9.59 Å². The molecule has 2 aromatic rings. The Balaban J connectivity index is 2.14. The normalized spacial score (nSPS) is 12.4. The molecule has 1 heterocycles. The van der Waals surface area contributed by atoms with E-state index >= 15 is 0 Å². The molecule has 0 fully saturated rings. The van der Waals surface area contributed by atoms with Gasteiger partial charge in [-0.2, -0.15) is 0 Å². The first-order chi connectivity index (χ1) is 9.10. The summed E-state index contributed by atoms with van der Waals surface area (Å²) in [6.45, 7) is 0.422. The fourth-order valence-corrected chi connectivity index (χ4v) is 3.49. The molecule has 0 amide bonds. The van der Waals surface area contributed by atoms with Crippen molar-refractivity contribution in [3.63, 3.8) is 0 Å². The third kappa shape index (κ3) is 3.65. The predicted molar refractivity (Wildman–Crippen MR) is 78.3 cm³/mol. The SMILES string of the molecule is CN(C)c1nnc(SC(CN)c2cccc(F)c2)s1. The van der Waals surface area contributed by atoms with Crippen molar-refractivity contribution in [2.24, 2.45) is 5.73 Å². The molecule has 1 aromatic heterocycles. The molecule has 0 radical (unpaired) electrons. The number of hydrogen-bond donors (Lipinski definition) is 1. The summed E-state index contributed by atoms with van der Waals surface area (Å²) in [6.07, 6.45) is 0. The summed E-state index contributed by atoms with van der Waals surface area (Å²) in [5, 5.41) is 9.02. The van der Waals surface area contributed by atoms with Gasteiger partial charge in [-0.1, -0.05) is 35.2 Å². The average Bonchev–Trinajstić information content (AvgIpc) is 2.84. The van der Waals surface area contributed by atoms with Gasteiger partial charge in [0.15, 0.2) is 4.34 Å². The topological polar surface area (TPSA) is 55.0 Å². The summed E-state index contributed by atoms with van der Waals surface area (Å²) in [5.74, 6) is -0.247. The molecule has 2 N–H and O–H groups in total. The monoisotopic (exact) mass is 298 g/mol. The van der Waals surface area contributed by atoms with Gasteiger partial charge in [0.25, 0.3) is 0 Å². The minimum absolute atomic E-state index is 0.0151. The van der Waals surface area contributed by atoms with E-state index in [4.69, 9.17) is 5.73 Å². The zero-order chi connectivity index (χ0) is 13.8. The van der Waals surface area contributed by atoms with E-state index in [-0.39, 0.29) is 11.1 Å². The van der Waals surface area contributed by atoms with Crippen LogP contribution in [0.2, 0.25) is 0 Å². The predicted octanol–water partition coefficient (Wildman–Crippen LogP) is 2.54. The minimum Gasteiger partial charge on any atom is -0.353 e. The van der Waals surface area contributed by atoms with Gasteiger partial charge in [0.05, 0.1) is 0 Å². The Morgan fingerprint density at radius 1 is 1.42 bits per heavy atom. The Labute approximate surface area is 119 Å². The standard InChI is InChI=1S/C12H15FN4S2/c1-17(2)11-15-16-12(19-11)18-10(7-14)8-4-3-5-9(13)6-8/h3-6,10H,7,14H2,1-2H3. The highest BCUT2D eigenvalue weighted by Crippen LogP contribution is 2.37. The fourth-order valence-electron chi connectivity index (χ4n) is 1.51. The van der Waals surface area contributed by atoms with Gasteiger partial charge in [-0.3, -0.25) is 0 Å². The van der Waals surface area contributed by atoms with Crippen LogP contribution in [0.1, 0.15) is 10.8 Å². The maximum absolute atomic E-state index is 13.2. The summed E-state index contributed by atoms with van der Waals surface area (Å²) in [4.78, 5) is 1.90. The molecule has 4 nitrogen and oxygen atoms in total. The van der Waals surface area contributed by atoms with Gasteiger partial charge in [-0.25, -0.2) is 4.39 Å². The highest BCUT2D eigenvalue weighted by atomic mass is 32.2. The number of halogens is 1. The van der Waals surface area contributed by atoms with Gasteiger partial charge in [0.1, 0.15) is 5.82 Å². The molecule has 0 saturated carbocycles. The Hall–Kier alpha value is -1.18. The molecule has 1 unspecified atom stereocenters. The van der Waals surface area contributed by atoms with E-state index in [0.29, 0.717) is 6.54 Å². The zero-order valence-electron chi connectivity index (χ0n) is 10.7. The number of nitrogens with zero attached hydrogens (tertiary/aromatic N) is 3. The van der Waals surface area contributed by atoms with Crippen molar-refractivity contribution in [2.75, 3.05) is 25.5 Å². The van der Waals surface area contributed by atoms with Crippen molar-refractivity contribution in [3.8, 4) is 0 Å². The molecule has 2 rings (SSSR count). The first-order valence-electron chi connectivity index (χ1n) is 5.73. The van der Waals surface area contributed by atoms with E-state index in [1.165, 1.54) is 35.2 Å². The Kier molecular flexibility index (Phi) is 4.73. The summed E-state index contributed by atoms with van der Waals surface area (Å²) in [6, 6.07) is 6.51. The molecule has 1 aromatic carbocycles. The van der Waals surface area contributed by atoms with Gasteiger partial charge in [0.2, 0.25) is 5.13 Å². The Morgan fingerprint density at radius 2 is 2.21 bits per heavy atom. The molecule has 0 aliphatic heterocycles. The van der Waals surface area contributed by atoms with E-state index in [0.717, 1.165) is 15.0 Å². The average molecular weight is 298 g/mol. The van der Waals surface area contributed by atoms with Crippen molar-refractivity contribution >= 4 is 28.2 Å². The van der Waals surface area contributed by atoms with Gasteiger partial charge >= 0.3 is 0 Å². The molecule has 1 atom stereocenters. The van der Waals surface area contributed by atoms with Crippen molar-refractivity contribution in [3.05, 3.63) is 35.6 Å². The minimum atomic E-state index is -0.247. The summed E-state index contributed by atoms with van der Waals surface area (Å²) in [5.41, 5.74) is 6.64. The largest absolute Gasteiger partial charge is 0.353 e. The maximum atomic E-state index is 13.2. The molecule has 0 aliphatic carbocycles. The number of rotatable bonds is 5. The second-order valence-electron chi connectivity index (χ2n) is 4.14. The Morgan fingerprint density at radius 3 is 2.79 bits per heavy atom. The summed E-state index contributed by atoms with van der Waals surface area (Å²) < 4.78 is 14.1. The van der Waals surface area contributed by atoms with E-state index in [2.05, 4.69) is 10.2 Å². The van der Waals surface area contributed by atoms with Crippen molar-refractivity contribution in [1.29, 1.82) is 0 Å². The van der Waals surface area contributed by atoms with E-state index < -0.39 is 0 Å². The fraction of sp³-hybridized carbons (Fsp3) is 0.333. The Bertz CT molecular complexity index is 544. The number of thioether (sulfide) groups is 1. The molecule has 0 bridgehead atoms. The van der Waals surface area contributed by atoms with Crippen LogP contribution in [0.15, 0.2) is 28.6 Å². The van der Waals surface area contributed by atoms with E-state index in [1.807, 2.05) is 25.1 Å². The van der Waals surface area contributed by atoms with Crippen LogP contribution >= 0.6 is 23.1 Å². The number of nitrogens with two attached hydrogens (primary N) is 1. The molecular formula is C12H15FN4S2. The van der Waals surface area contributed by atoms with Gasteiger partial charge in [0, 0.05) is 25.9 Å². The molecule has 0 spiro atoms. The molecule has 7 heteroatoms. The number of aromatic nitrogens is 2. The number of anilines is 1. The van der Waals surface area contributed by atoms with E-state index in [9.17, 15) is 4.39 Å². The molecule has 19 heavy (non-hydrogen) atoms. The van der Waals surface area contributed by atoms with Crippen LogP contribution in [0.4, 0.5) is 9.52 Å². The third-order valence-electron chi connectivity index (χ3n) is 2.46. The zero-order valence-corrected chi connectivity index (χ0v) is 12.3. The number of hydrogen-bond acceptors (Lipinski definition) is 6. The van der Waals surface area contributed by atoms with Gasteiger partial charge in [-0.15, -0.1) is 10.2 Å². The maximum Gasteiger partial charge on any atom is 0.208 e. The third-order valence-corrected chi connectivity index (χ3v) is 4.91. The summed E-state index contributed by atoms with van der Waals surface area (Å²) in [7, 11) is 3.84. The van der Waals surface area contributed by atoms with Crippen LogP contribution < -0.4 is 10.6 Å². The first kappa shape index (κ1) is 14.2. The highest BCUT2D eigenvalue weighted by molar-refractivity contribution is 8.01. The molecular weight excluding hydrogens is 283 g/mol. The molecule has 0 saturated heterocycles. The molecule has 102 valence electrons. The first-order valence-corrected chi connectivity index (χ1v) is 7.42. The van der Waals surface area contributed by atoms with E-state index in [1.54, 1.807) is 6.07 Å². The lowest BCUT2D eigenvalue weighted by Gasteiger charge is -2.12. The second kappa shape index (κ2) is 6.31. The summed E-state index contributed by atoms with van der Waals surface area (Å²) >= 11 is 3.02. The van der Waals surface area contributed by atoms with Gasteiger partial charge in [-0.05, 0) is 17.7 Å². The number of benzene rings is 1.